The molecule has 0 unspecified atom stereocenters. The molecule has 29 heavy (non-hydrogen) atoms. The Morgan fingerprint density at radius 2 is 1.72 bits per heavy atom. The minimum Gasteiger partial charge on any atom is -0.340 e. The Labute approximate surface area is 173 Å². The molecular weight excluding hydrogens is 388 g/mol. The molecule has 3 rings (SSSR count). The molecule has 0 spiro atoms. The topological polar surface area (TPSA) is 93.5 Å². The molecule has 1 saturated carbocycles. The van der Waals surface area contributed by atoms with Crippen LogP contribution in [0.5, 0.6) is 0 Å². The maximum Gasteiger partial charge on any atom is 0.242 e. The third kappa shape index (κ3) is 5.16. The van der Waals surface area contributed by atoms with E-state index in [1.807, 2.05) is 11.0 Å². The van der Waals surface area contributed by atoms with Crippen molar-refractivity contribution in [2.24, 2.45) is 5.92 Å². The van der Waals surface area contributed by atoms with Gasteiger partial charge in [-0.1, -0.05) is 12.1 Å². The monoisotopic (exact) mass is 418 g/mol. The van der Waals surface area contributed by atoms with Gasteiger partial charge in [0, 0.05) is 44.2 Å². The summed E-state index contributed by atoms with van der Waals surface area (Å²) in [6.07, 6.45) is 2.65. The Balaban J connectivity index is 1.53. The summed E-state index contributed by atoms with van der Waals surface area (Å²) in [6, 6.07) is 8.45. The number of carbonyl (C=O) groups is 1. The van der Waals surface area contributed by atoms with Gasteiger partial charge in [0.1, 0.15) is 6.07 Å². The van der Waals surface area contributed by atoms with E-state index in [1.54, 1.807) is 12.1 Å². The van der Waals surface area contributed by atoms with Crippen LogP contribution in [0.3, 0.4) is 0 Å². The van der Waals surface area contributed by atoms with Gasteiger partial charge >= 0.3 is 0 Å². The van der Waals surface area contributed by atoms with Crippen molar-refractivity contribution < 1.29 is 13.2 Å². The first-order chi connectivity index (χ1) is 13.8. The molecule has 158 valence electrons. The van der Waals surface area contributed by atoms with Gasteiger partial charge in [-0.25, -0.2) is 13.1 Å². The number of piperazine rings is 1. The zero-order chi connectivity index (χ0) is 21.0. The van der Waals surface area contributed by atoms with Crippen LogP contribution in [0.4, 0.5) is 0 Å². The summed E-state index contributed by atoms with van der Waals surface area (Å²) in [5, 5.41) is 9.17. The van der Waals surface area contributed by atoms with Crippen molar-refractivity contribution in [2.45, 2.75) is 56.5 Å². The minimum atomic E-state index is -3.75. The average molecular weight is 419 g/mol. The molecule has 1 amide bonds. The number of benzene rings is 1. The number of hydrogen-bond acceptors (Lipinski definition) is 5. The highest BCUT2D eigenvalue weighted by Gasteiger charge is 2.33. The summed E-state index contributed by atoms with van der Waals surface area (Å²) in [5.74, 6) is 0.192. The molecule has 1 aromatic rings. The van der Waals surface area contributed by atoms with Gasteiger partial charge in [-0.3, -0.25) is 9.69 Å². The Bertz CT molecular complexity index is 862. The highest BCUT2D eigenvalue weighted by Crippen LogP contribution is 2.28. The Kier molecular flexibility index (Phi) is 6.93. The van der Waals surface area contributed by atoms with Crippen molar-refractivity contribution in [1.29, 1.82) is 5.26 Å². The Morgan fingerprint density at radius 1 is 1.10 bits per heavy atom. The fraction of sp³-hybridized carbons (Fsp3) is 0.619. The number of nitrogens with one attached hydrogen (secondary N) is 1. The highest BCUT2D eigenvalue weighted by atomic mass is 32.2. The standard InChI is InChI=1S/C21H30N4O3S/c1-16(2)24-11-13-25(14-12-24)21(26)17-7-9-19(10-8-17)23-29(27,28)20-6-4-3-5-18(20)15-22/h3-6,16-17,19,23H,7-14H2,1-2H3/t17-,19-. The summed E-state index contributed by atoms with van der Waals surface area (Å²) >= 11 is 0. The van der Waals surface area contributed by atoms with E-state index in [-0.39, 0.29) is 28.3 Å². The smallest absolute Gasteiger partial charge is 0.242 e. The fourth-order valence-corrected chi connectivity index (χ4v) is 5.71. The summed E-state index contributed by atoms with van der Waals surface area (Å²) in [5.41, 5.74) is 0.143. The van der Waals surface area contributed by atoms with E-state index in [0.717, 1.165) is 26.2 Å². The van der Waals surface area contributed by atoms with Crippen LogP contribution in [0, 0.1) is 17.2 Å². The second-order valence-electron chi connectivity index (χ2n) is 8.23. The largest absolute Gasteiger partial charge is 0.340 e. The van der Waals surface area contributed by atoms with Gasteiger partial charge in [-0.2, -0.15) is 5.26 Å². The van der Waals surface area contributed by atoms with Crippen LogP contribution in [-0.4, -0.2) is 62.4 Å². The summed E-state index contributed by atoms with van der Waals surface area (Å²) in [4.78, 5) is 17.2. The summed E-state index contributed by atoms with van der Waals surface area (Å²) < 4.78 is 28.1. The predicted molar refractivity (Wildman–Crippen MR) is 111 cm³/mol. The Morgan fingerprint density at radius 3 is 2.31 bits per heavy atom. The average Bonchev–Trinajstić information content (AvgIpc) is 2.73. The van der Waals surface area contributed by atoms with Crippen LogP contribution in [0.25, 0.3) is 0 Å². The van der Waals surface area contributed by atoms with Crippen molar-refractivity contribution >= 4 is 15.9 Å². The number of rotatable bonds is 5. The molecule has 0 radical (unpaired) electrons. The third-order valence-electron chi connectivity index (χ3n) is 6.05. The molecule has 1 aliphatic carbocycles. The highest BCUT2D eigenvalue weighted by molar-refractivity contribution is 7.89. The van der Waals surface area contributed by atoms with Crippen LogP contribution in [0.2, 0.25) is 0 Å². The molecule has 2 fully saturated rings. The molecule has 1 aliphatic heterocycles. The van der Waals surface area contributed by atoms with E-state index >= 15 is 0 Å². The molecule has 2 aliphatic rings. The first-order valence-electron chi connectivity index (χ1n) is 10.4. The van der Waals surface area contributed by atoms with Crippen molar-refractivity contribution in [3.05, 3.63) is 29.8 Å². The fourth-order valence-electron chi connectivity index (χ4n) is 4.25. The van der Waals surface area contributed by atoms with Crippen LogP contribution in [0.15, 0.2) is 29.2 Å². The molecule has 0 atom stereocenters. The maximum absolute atomic E-state index is 12.9. The number of nitrogens with zero attached hydrogens (tertiary/aromatic N) is 3. The van der Waals surface area contributed by atoms with Crippen molar-refractivity contribution in [1.82, 2.24) is 14.5 Å². The maximum atomic E-state index is 12.9. The van der Waals surface area contributed by atoms with E-state index in [9.17, 15) is 13.2 Å². The molecule has 1 saturated heterocycles. The van der Waals surface area contributed by atoms with Gasteiger partial charge in [0.25, 0.3) is 0 Å². The lowest BCUT2D eigenvalue weighted by Crippen LogP contribution is -2.52. The lowest BCUT2D eigenvalue weighted by molar-refractivity contribution is -0.138. The van der Waals surface area contributed by atoms with Crippen molar-refractivity contribution in [3.8, 4) is 6.07 Å². The molecular formula is C21H30N4O3S. The van der Waals surface area contributed by atoms with Gasteiger partial charge in [0.05, 0.1) is 10.5 Å². The lowest BCUT2D eigenvalue weighted by Gasteiger charge is -2.39. The Hall–Kier alpha value is -1.95. The summed E-state index contributed by atoms with van der Waals surface area (Å²) in [6.45, 7) is 7.72. The van der Waals surface area contributed by atoms with Gasteiger partial charge in [-0.15, -0.1) is 0 Å². The van der Waals surface area contributed by atoms with E-state index in [1.165, 1.54) is 12.1 Å². The first-order valence-corrected chi connectivity index (χ1v) is 11.8. The lowest BCUT2D eigenvalue weighted by atomic mass is 9.85. The molecule has 1 aromatic carbocycles. The van der Waals surface area contributed by atoms with Crippen LogP contribution in [0.1, 0.15) is 45.1 Å². The van der Waals surface area contributed by atoms with E-state index < -0.39 is 10.0 Å². The molecule has 0 aromatic heterocycles. The third-order valence-corrected chi connectivity index (χ3v) is 7.63. The zero-order valence-corrected chi connectivity index (χ0v) is 18.0. The molecule has 7 nitrogen and oxygen atoms in total. The van der Waals surface area contributed by atoms with Crippen LogP contribution in [-0.2, 0) is 14.8 Å². The van der Waals surface area contributed by atoms with E-state index in [0.29, 0.717) is 31.7 Å². The molecule has 1 heterocycles. The number of sulfonamides is 1. The van der Waals surface area contributed by atoms with Gasteiger partial charge in [0.15, 0.2) is 0 Å². The van der Waals surface area contributed by atoms with Gasteiger partial charge < -0.3 is 4.90 Å². The number of amides is 1. The quantitative estimate of drug-likeness (QED) is 0.789. The number of nitriles is 1. The van der Waals surface area contributed by atoms with Gasteiger partial charge in [0.2, 0.25) is 15.9 Å². The first kappa shape index (κ1) is 21.8. The molecule has 1 N–H and O–H groups in total. The molecule has 0 bridgehead atoms. The van der Waals surface area contributed by atoms with Gasteiger partial charge in [-0.05, 0) is 51.7 Å². The van der Waals surface area contributed by atoms with E-state index in [2.05, 4.69) is 23.5 Å². The van der Waals surface area contributed by atoms with E-state index in [4.69, 9.17) is 5.26 Å². The number of carbonyl (C=O) groups excluding carboxylic acids is 1. The summed E-state index contributed by atoms with van der Waals surface area (Å²) in [7, 11) is -3.75. The number of hydrogen-bond donors (Lipinski definition) is 1. The second-order valence-corrected chi connectivity index (χ2v) is 9.92. The second kappa shape index (κ2) is 9.24. The van der Waals surface area contributed by atoms with Crippen LogP contribution < -0.4 is 4.72 Å². The van der Waals surface area contributed by atoms with Crippen LogP contribution >= 0.6 is 0 Å². The normalized spacial score (nSPS) is 23.7. The van der Waals surface area contributed by atoms with Crippen molar-refractivity contribution in [2.75, 3.05) is 26.2 Å². The zero-order valence-electron chi connectivity index (χ0n) is 17.2. The minimum absolute atomic E-state index is 0.0173. The van der Waals surface area contributed by atoms with Crippen molar-refractivity contribution in [3.63, 3.8) is 0 Å². The molecule has 8 heteroatoms. The predicted octanol–water partition coefficient (Wildman–Crippen LogP) is 1.95. The SMILES string of the molecule is CC(C)N1CCN(C(=O)[C@H]2CC[C@H](NS(=O)(=O)c3ccccc3C#N)CC2)CC1.